The Bertz CT molecular complexity index is 982. The lowest BCUT2D eigenvalue weighted by molar-refractivity contribution is -0.192. The van der Waals surface area contributed by atoms with Gasteiger partial charge in [-0.05, 0) is 5.56 Å². The van der Waals surface area contributed by atoms with Gasteiger partial charge in [0.2, 0.25) is 5.91 Å². The molecule has 0 bridgehead atoms. The summed E-state index contributed by atoms with van der Waals surface area (Å²) in [6.45, 7) is -0.295. The standard InChI is InChI=1S/C17H21N5O6.C2HF3O2/c1-27-17(26)21-13(16(24)25)8-20-14(23)7-11-6-12(22-28-11)9-2-4-10(5-3-9)15(18)19;3-2(4,5)1(6)7/h2-5,11,13H,6-8H2,1H3,(H3,18,19)(H,20,23)(H,21,26)(H,24,25);(H,6,7)/t11?,13-;/m0./s1. The Hall–Kier alpha value is -4.37. The van der Waals surface area contributed by atoms with Crippen molar-refractivity contribution in [3.8, 4) is 0 Å². The third kappa shape index (κ3) is 9.97. The molecule has 0 saturated heterocycles. The Kier molecular flexibility index (Phi) is 10.4. The van der Waals surface area contributed by atoms with Crippen LogP contribution in [0, 0.1) is 5.41 Å². The zero-order chi connectivity index (χ0) is 26.8. The molecule has 7 N–H and O–H groups in total. The number of alkyl carbamates (subject to hydrolysis) is 1. The number of benzene rings is 1. The van der Waals surface area contributed by atoms with E-state index in [0.29, 0.717) is 17.7 Å². The number of carbonyl (C=O) groups is 4. The predicted molar refractivity (Wildman–Crippen MR) is 112 cm³/mol. The van der Waals surface area contributed by atoms with Crippen molar-refractivity contribution in [1.82, 2.24) is 10.6 Å². The van der Waals surface area contributed by atoms with Crippen LogP contribution in [0.2, 0.25) is 0 Å². The fourth-order valence-electron chi connectivity index (χ4n) is 2.45. The second-order valence-corrected chi connectivity index (χ2v) is 6.80. The van der Waals surface area contributed by atoms with Gasteiger partial charge in [0.15, 0.2) is 0 Å². The molecule has 0 fully saturated rings. The van der Waals surface area contributed by atoms with Gasteiger partial charge in [-0.1, -0.05) is 29.4 Å². The van der Waals surface area contributed by atoms with E-state index in [1.54, 1.807) is 24.3 Å². The smallest absolute Gasteiger partial charge is 0.480 e. The normalized spacial score (nSPS) is 15.3. The van der Waals surface area contributed by atoms with Gasteiger partial charge in [-0.15, -0.1) is 0 Å². The number of nitrogens with zero attached hydrogens (tertiary/aromatic N) is 1. The summed E-state index contributed by atoms with van der Waals surface area (Å²) in [4.78, 5) is 48.4. The molecule has 16 heteroatoms. The Morgan fingerprint density at radius 3 is 2.29 bits per heavy atom. The van der Waals surface area contributed by atoms with Crippen LogP contribution in [-0.2, 0) is 24.0 Å². The van der Waals surface area contributed by atoms with Gasteiger partial charge in [0.25, 0.3) is 0 Å². The van der Waals surface area contributed by atoms with Crippen molar-refractivity contribution in [3.63, 3.8) is 0 Å². The molecule has 1 unspecified atom stereocenters. The molecule has 1 aliphatic heterocycles. The molecule has 2 rings (SSSR count). The van der Waals surface area contributed by atoms with E-state index in [9.17, 15) is 27.6 Å². The average Bonchev–Trinajstić information content (AvgIpc) is 3.24. The monoisotopic (exact) mass is 505 g/mol. The van der Waals surface area contributed by atoms with Crippen molar-refractivity contribution in [2.45, 2.75) is 31.2 Å². The molecule has 13 nitrogen and oxygen atoms in total. The third-order valence-corrected chi connectivity index (χ3v) is 4.20. The van der Waals surface area contributed by atoms with Crippen molar-refractivity contribution in [2.75, 3.05) is 13.7 Å². The first-order valence-electron chi connectivity index (χ1n) is 9.56. The summed E-state index contributed by atoms with van der Waals surface area (Å²) in [5.74, 6) is -4.53. The van der Waals surface area contributed by atoms with Gasteiger partial charge in [0, 0.05) is 18.5 Å². The van der Waals surface area contributed by atoms with Crippen LogP contribution in [0.4, 0.5) is 18.0 Å². The molecule has 0 spiro atoms. The fourth-order valence-corrected chi connectivity index (χ4v) is 2.45. The number of ether oxygens (including phenoxy) is 1. The Balaban J connectivity index is 0.000000762. The molecule has 1 aromatic carbocycles. The summed E-state index contributed by atoms with van der Waals surface area (Å²) in [5, 5.41) is 32.1. The molecular weight excluding hydrogens is 483 g/mol. The van der Waals surface area contributed by atoms with E-state index in [1.807, 2.05) is 0 Å². The number of alkyl halides is 3. The zero-order valence-electron chi connectivity index (χ0n) is 18.1. The highest BCUT2D eigenvalue weighted by Gasteiger charge is 2.38. The first-order chi connectivity index (χ1) is 16.2. The molecule has 0 radical (unpaired) electrons. The van der Waals surface area contributed by atoms with Crippen LogP contribution >= 0.6 is 0 Å². The number of rotatable bonds is 8. The number of carbonyl (C=O) groups excluding carboxylic acids is 2. The van der Waals surface area contributed by atoms with Crippen LogP contribution in [0.15, 0.2) is 29.4 Å². The lowest BCUT2D eigenvalue weighted by Gasteiger charge is -2.15. The molecule has 1 heterocycles. The maximum Gasteiger partial charge on any atom is 0.490 e. The number of halogens is 3. The molecule has 1 aliphatic rings. The number of aliphatic carboxylic acids is 2. The minimum atomic E-state index is -5.08. The van der Waals surface area contributed by atoms with Crippen molar-refractivity contribution in [2.24, 2.45) is 10.9 Å². The zero-order valence-corrected chi connectivity index (χ0v) is 18.1. The van der Waals surface area contributed by atoms with Crippen molar-refractivity contribution >= 4 is 35.5 Å². The number of nitrogens with one attached hydrogen (secondary N) is 3. The Labute approximate surface area is 195 Å². The predicted octanol–water partition coefficient (Wildman–Crippen LogP) is 0.412. The van der Waals surface area contributed by atoms with Crippen LogP contribution in [-0.4, -0.2) is 77.7 Å². The number of carboxylic acids is 2. The molecule has 0 aromatic heterocycles. The van der Waals surface area contributed by atoms with Crippen molar-refractivity contribution in [1.29, 1.82) is 5.41 Å². The summed E-state index contributed by atoms with van der Waals surface area (Å²) in [6, 6.07) is 5.60. The van der Waals surface area contributed by atoms with E-state index >= 15 is 0 Å². The summed E-state index contributed by atoms with van der Waals surface area (Å²) >= 11 is 0. The lowest BCUT2D eigenvalue weighted by Crippen LogP contribution is -2.48. The molecule has 2 amide bonds. The molecule has 1 aromatic rings. The van der Waals surface area contributed by atoms with Gasteiger partial charge >= 0.3 is 24.2 Å². The average molecular weight is 505 g/mol. The molecule has 0 aliphatic carbocycles. The molecule has 192 valence electrons. The lowest BCUT2D eigenvalue weighted by atomic mass is 10.0. The van der Waals surface area contributed by atoms with Crippen LogP contribution < -0.4 is 16.4 Å². The van der Waals surface area contributed by atoms with E-state index < -0.39 is 42.3 Å². The van der Waals surface area contributed by atoms with Crippen molar-refractivity contribution in [3.05, 3.63) is 35.4 Å². The van der Waals surface area contributed by atoms with E-state index in [-0.39, 0.29) is 18.8 Å². The first kappa shape index (κ1) is 28.7. The largest absolute Gasteiger partial charge is 0.490 e. The van der Waals surface area contributed by atoms with Crippen LogP contribution in [0.1, 0.15) is 24.0 Å². The summed E-state index contributed by atoms with van der Waals surface area (Å²) < 4.78 is 36.1. The van der Waals surface area contributed by atoms with E-state index in [0.717, 1.165) is 12.7 Å². The molecular formula is C19H22F3N5O8. The number of amides is 2. The Morgan fingerprint density at radius 2 is 1.83 bits per heavy atom. The number of hydrogen-bond acceptors (Lipinski definition) is 8. The van der Waals surface area contributed by atoms with E-state index in [2.05, 4.69) is 20.5 Å². The molecule has 35 heavy (non-hydrogen) atoms. The topological polar surface area (TPSA) is 213 Å². The number of carboxylic acid groups (broad SMARTS) is 2. The van der Waals surface area contributed by atoms with Crippen LogP contribution in [0.3, 0.4) is 0 Å². The number of oxime groups is 1. The number of nitrogen functional groups attached to an aromatic ring is 1. The minimum absolute atomic E-state index is 0.0247. The van der Waals surface area contributed by atoms with Gasteiger partial charge in [0.05, 0.1) is 19.2 Å². The highest BCUT2D eigenvalue weighted by molar-refractivity contribution is 6.02. The Morgan fingerprint density at radius 1 is 1.26 bits per heavy atom. The summed E-state index contributed by atoms with van der Waals surface area (Å²) in [5.41, 5.74) is 7.45. The maximum atomic E-state index is 12.0. The summed E-state index contributed by atoms with van der Waals surface area (Å²) in [7, 11) is 1.11. The van der Waals surface area contributed by atoms with Gasteiger partial charge in [-0.25, -0.2) is 14.4 Å². The first-order valence-corrected chi connectivity index (χ1v) is 9.56. The van der Waals surface area contributed by atoms with Crippen molar-refractivity contribution < 1.29 is 52.1 Å². The maximum absolute atomic E-state index is 12.0. The van der Waals surface area contributed by atoms with Gasteiger partial charge in [-0.2, -0.15) is 13.2 Å². The minimum Gasteiger partial charge on any atom is -0.480 e. The highest BCUT2D eigenvalue weighted by atomic mass is 19.4. The second-order valence-electron chi connectivity index (χ2n) is 6.80. The summed E-state index contributed by atoms with van der Waals surface area (Å²) in [6.07, 6.45) is -6.10. The van der Waals surface area contributed by atoms with Gasteiger partial charge in [0.1, 0.15) is 18.0 Å². The SMILES string of the molecule is COC(=O)N[C@@H](CNC(=O)CC1CC(c2ccc(C(=N)N)cc2)=NO1)C(=O)O.O=C(O)C(F)(F)F. The van der Waals surface area contributed by atoms with Crippen LogP contribution in [0.5, 0.6) is 0 Å². The van der Waals surface area contributed by atoms with Crippen LogP contribution in [0.25, 0.3) is 0 Å². The molecule has 0 saturated carbocycles. The fraction of sp³-hybridized carbons (Fsp3) is 0.368. The van der Waals surface area contributed by atoms with E-state index in [4.69, 9.17) is 31.0 Å². The third-order valence-electron chi connectivity index (χ3n) is 4.20. The van der Waals surface area contributed by atoms with E-state index in [1.165, 1.54) is 0 Å². The molecule has 2 atom stereocenters. The number of methoxy groups -OCH3 is 1. The number of nitrogens with two attached hydrogens (primary N) is 1. The van der Waals surface area contributed by atoms with Gasteiger partial charge < -0.3 is 36.2 Å². The number of amidine groups is 1. The highest BCUT2D eigenvalue weighted by Crippen LogP contribution is 2.19. The van der Waals surface area contributed by atoms with Gasteiger partial charge in [-0.3, -0.25) is 10.2 Å². The second kappa shape index (κ2) is 12.8. The quantitative estimate of drug-likeness (QED) is 0.213. The number of hydrogen-bond donors (Lipinski definition) is 6.